The number of nitrogens with two attached hydrogens (primary N) is 1. The monoisotopic (exact) mass is 414 g/mol. The van der Waals surface area contributed by atoms with Crippen molar-refractivity contribution in [2.45, 2.75) is 19.4 Å². The van der Waals surface area contributed by atoms with E-state index in [1.807, 2.05) is 4.90 Å². The first kappa shape index (κ1) is 20.8. The lowest BCUT2D eigenvalue weighted by molar-refractivity contribution is 0.0743. The molecule has 1 fully saturated rings. The molecule has 0 bridgehead atoms. The molecule has 1 aliphatic heterocycles. The molecule has 2 unspecified atom stereocenters. The van der Waals surface area contributed by atoms with Crippen molar-refractivity contribution in [2.24, 2.45) is 11.7 Å². The molecule has 0 aromatic heterocycles. The molecule has 1 saturated heterocycles. The first-order valence-electron chi connectivity index (χ1n) is 8.22. The predicted molar refractivity (Wildman–Crippen MR) is 108 cm³/mol. The number of carbonyl (C=O) groups is 1. The Bertz CT molecular complexity index is 768. The Balaban J connectivity index is 0.00000243. The van der Waals surface area contributed by atoms with Crippen molar-refractivity contribution in [3.63, 3.8) is 0 Å². The van der Waals surface area contributed by atoms with E-state index in [2.05, 4.69) is 6.92 Å². The molecule has 140 valence electrons. The van der Waals surface area contributed by atoms with Crippen LogP contribution in [0.4, 0.5) is 0 Å². The van der Waals surface area contributed by atoms with Gasteiger partial charge in [-0.25, -0.2) is 0 Å². The van der Waals surface area contributed by atoms with E-state index in [0.717, 1.165) is 6.42 Å². The fourth-order valence-electron chi connectivity index (χ4n) is 3.12. The van der Waals surface area contributed by atoms with E-state index in [9.17, 15) is 4.79 Å². The maximum absolute atomic E-state index is 12.7. The third kappa shape index (κ3) is 4.44. The molecule has 4 nitrogen and oxygen atoms in total. The minimum atomic E-state index is 0. The van der Waals surface area contributed by atoms with Crippen molar-refractivity contribution >= 4 is 41.5 Å². The number of benzene rings is 2. The van der Waals surface area contributed by atoms with Gasteiger partial charge in [-0.15, -0.1) is 12.4 Å². The average Bonchev–Trinajstić information content (AvgIpc) is 3.00. The molecule has 7 heteroatoms. The zero-order valence-electron chi connectivity index (χ0n) is 14.3. The highest BCUT2D eigenvalue weighted by Crippen LogP contribution is 2.34. The van der Waals surface area contributed by atoms with Crippen LogP contribution in [0.5, 0.6) is 11.5 Å². The van der Waals surface area contributed by atoms with Gasteiger partial charge < -0.3 is 15.4 Å². The Morgan fingerprint density at radius 1 is 1.23 bits per heavy atom. The highest BCUT2D eigenvalue weighted by atomic mass is 35.5. The van der Waals surface area contributed by atoms with Gasteiger partial charge >= 0.3 is 0 Å². The van der Waals surface area contributed by atoms with Crippen molar-refractivity contribution in [1.82, 2.24) is 4.90 Å². The number of rotatable bonds is 4. The van der Waals surface area contributed by atoms with E-state index in [0.29, 0.717) is 46.1 Å². The number of amides is 1. The van der Waals surface area contributed by atoms with Crippen LogP contribution in [0.3, 0.4) is 0 Å². The first-order valence-corrected chi connectivity index (χ1v) is 8.98. The van der Waals surface area contributed by atoms with Crippen LogP contribution in [0, 0.1) is 5.92 Å². The van der Waals surface area contributed by atoms with Crippen molar-refractivity contribution in [3.8, 4) is 11.5 Å². The summed E-state index contributed by atoms with van der Waals surface area (Å²) in [6.07, 6.45) is 0.955. The molecular formula is C19H21Cl3N2O2. The van der Waals surface area contributed by atoms with Crippen LogP contribution in [0.1, 0.15) is 23.7 Å². The molecule has 2 aromatic rings. The number of ether oxygens (including phenoxy) is 1. The Morgan fingerprint density at radius 2 is 1.92 bits per heavy atom. The summed E-state index contributed by atoms with van der Waals surface area (Å²) in [5.41, 5.74) is 6.37. The fraction of sp³-hybridized carbons (Fsp3) is 0.316. The minimum absolute atomic E-state index is 0. The van der Waals surface area contributed by atoms with Crippen LogP contribution in [0.25, 0.3) is 0 Å². The standard InChI is InChI=1S/C19H20Cl2N2O2.ClH/c1-12-9-13(10-22)11-23(12)19(24)14-5-7-15(8-6-14)25-17-4-2-3-16(20)18(17)21;/h2-8,12-13H,9-11,22H2,1H3;1H. The second-order valence-corrected chi connectivity index (χ2v) is 7.11. The topological polar surface area (TPSA) is 55.6 Å². The zero-order chi connectivity index (χ0) is 18.0. The summed E-state index contributed by atoms with van der Waals surface area (Å²) < 4.78 is 5.75. The van der Waals surface area contributed by atoms with Crippen molar-refractivity contribution in [3.05, 3.63) is 58.1 Å². The van der Waals surface area contributed by atoms with Crippen LogP contribution in [0.15, 0.2) is 42.5 Å². The van der Waals surface area contributed by atoms with Gasteiger partial charge in [0.15, 0.2) is 0 Å². The van der Waals surface area contributed by atoms with Crippen molar-refractivity contribution < 1.29 is 9.53 Å². The van der Waals surface area contributed by atoms with Gasteiger partial charge in [0, 0.05) is 18.2 Å². The molecule has 2 N–H and O–H groups in total. The van der Waals surface area contributed by atoms with E-state index in [4.69, 9.17) is 33.7 Å². The van der Waals surface area contributed by atoms with E-state index in [-0.39, 0.29) is 24.4 Å². The molecular weight excluding hydrogens is 395 g/mol. The van der Waals surface area contributed by atoms with Gasteiger partial charge in [-0.2, -0.15) is 0 Å². The lowest BCUT2D eigenvalue weighted by Gasteiger charge is -2.21. The summed E-state index contributed by atoms with van der Waals surface area (Å²) in [5, 5.41) is 0.798. The molecule has 0 aliphatic carbocycles. The summed E-state index contributed by atoms with van der Waals surface area (Å²) in [6.45, 7) is 3.39. The van der Waals surface area contributed by atoms with E-state index in [1.165, 1.54) is 0 Å². The summed E-state index contributed by atoms with van der Waals surface area (Å²) in [7, 11) is 0. The number of hydrogen-bond donors (Lipinski definition) is 1. The normalized spacial score (nSPS) is 19.2. The molecule has 26 heavy (non-hydrogen) atoms. The van der Waals surface area contributed by atoms with Crippen LogP contribution in [0.2, 0.25) is 10.0 Å². The number of halogens is 3. The fourth-order valence-corrected chi connectivity index (χ4v) is 3.45. The van der Waals surface area contributed by atoms with Crippen molar-refractivity contribution in [2.75, 3.05) is 13.1 Å². The van der Waals surface area contributed by atoms with Gasteiger partial charge in [0.1, 0.15) is 16.5 Å². The highest BCUT2D eigenvalue weighted by Gasteiger charge is 2.32. The molecule has 0 radical (unpaired) electrons. The second kappa shape index (κ2) is 8.96. The molecule has 3 rings (SSSR count). The van der Waals surface area contributed by atoms with Gasteiger partial charge in [0.05, 0.1) is 5.02 Å². The number of hydrogen-bond acceptors (Lipinski definition) is 3. The number of carbonyl (C=O) groups excluding carboxylic acids is 1. The molecule has 0 saturated carbocycles. The summed E-state index contributed by atoms with van der Waals surface area (Å²) in [5.74, 6) is 1.48. The third-order valence-corrected chi connectivity index (χ3v) is 5.30. The molecule has 1 amide bonds. The maximum atomic E-state index is 12.7. The van der Waals surface area contributed by atoms with Crippen LogP contribution in [-0.4, -0.2) is 29.9 Å². The highest BCUT2D eigenvalue weighted by molar-refractivity contribution is 6.42. The van der Waals surface area contributed by atoms with Gasteiger partial charge in [-0.3, -0.25) is 4.79 Å². The smallest absolute Gasteiger partial charge is 0.254 e. The maximum Gasteiger partial charge on any atom is 0.254 e. The molecule has 1 aliphatic rings. The Hall–Kier alpha value is -1.46. The Labute approximate surface area is 169 Å². The van der Waals surface area contributed by atoms with E-state index in [1.54, 1.807) is 42.5 Å². The van der Waals surface area contributed by atoms with Gasteiger partial charge in [-0.05, 0) is 62.2 Å². The second-order valence-electron chi connectivity index (χ2n) is 6.32. The van der Waals surface area contributed by atoms with Crippen LogP contribution >= 0.6 is 35.6 Å². The summed E-state index contributed by atoms with van der Waals surface area (Å²) in [4.78, 5) is 14.6. The third-order valence-electron chi connectivity index (χ3n) is 4.50. The number of likely N-dealkylation sites (tertiary alicyclic amines) is 1. The summed E-state index contributed by atoms with van der Waals surface area (Å²) in [6, 6.07) is 12.5. The SMILES string of the molecule is CC1CC(CN)CN1C(=O)c1ccc(Oc2cccc(Cl)c2Cl)cc1.Cl. The lowest BCUT2D eigenvalue weighted by Crippen LogP contribution is -2.34. The Morgan fingerprint density at radius 3 is 2.54 bits per heavy atom. The average molecular weight is 416 g/mol. The minimum Gasteiger partial charge on any atom is -0.456 e. The van der Waals surface area contributed by atoms with E-state index >= 15 is 0 Å². The zero-order valence-corrected chi connectivity index (χ0v) is 16.7. The lowest BCUT2D eigenvalue weighted by atomic mass is 10.1. The van der Waals surface area contributed by atoms with Gasteiger partial charge in [-0.1, -0.05) is 29.3 Å². The quantitative estimate of drug-likeness (QED) is 0.763. The van der Waals surface area contributed by atoms with Gasteiger partial charge in [0.2, 0.25) is 0 Å². The molecule has 2 aromatic carbocycles. The summed E-state index contributed by atoms with van der Waals surface area (Å²) >= 11 is 12.1. The molecule has 0 spiro atoms. The van der Waals surface area contributed by atoms with Crippen LogP contribution in [-0.2, 0) is 0 Å². The first-order chi connectivity index (χ1) is 12.0. The largest absolute Gasteiger partial charge is 0.456 e. The Kier molecular flexibility index (Phi) is 7.18. The van der Waals surface area contributed by atoms with Gasteiger partial charge in [0.25, 0.3) is 5.91 Å². The van der Waals surface area contributed by atoms with Crippen LogP contribution < -0.4 is 10.5 Å². The molecule has 1 heterocycles. The van der Waals surface area contributed by atoms with Crippen molar-refractivity contribution in [1.29, 1.82) is 0 Å². The molecule has 2 atom stereocenters. The van der Waals surface area contributed by atoms with E-state index < -0.39 is 0 Å². The predicted octanol–water partition coefficient (Wildman–Crippen LogP) is 5.02. The number of nitrogens with zero attached hydrogens (tertiary/aromatic N) is 1.